The number of nitrogen functional groups attached to an aromatic ring is 1. The summed E-state index contributed by atoms with van der Waals surface area (Å²) in [6, 6.07) is 6.08. The molecule has 0 bridgehead atoms. The Bertz CT molecular complexity index is 606. The topological polar surface area (TPSA) is 68.0 Å². The van der Waals surface area contributed by atoms with Crippen LogP contribution in [0.25, 0.3) is 0 Å². The normalized spacial score (nSPS) is 13.3. The van der Waals surface area contributed by atoms with Gasteiger partial charge in [-0.15, -0.1) is 11.3 Å². The van der Waals surface area contributed by atoms with Crippen LogP contribution in [-0.4, -0.2) is 10.9 Å². The molecule has 5 heteroatoms. The Kier molecular flexibility index (Phi) is 2.76. The second kappa shape index (κ2) is 4.42. The van der Waals surface area contributed by atoms with Gasteiger partial charge in [-0.1, -0.05) is 6.07 Å². The quantitative estimate of drug-likeness (QED) is 0.870. The molecule has 1 aromatic heterocycles. The Morgan fingerprint density at radius 1 is 1.33 bits per heavy atom. The number of hydrogen-bond acceptors (Lipinski definition) is 4. The minimum atomic E-state index is -0.208. The summed E-state index contributed by atoms with van der Waals surface area (Å²) < 4.78 is 0. The summed E-state index contributed by atoms with van der Waals surface area (Å²) in [5, 5.41) is 4.93. The van der Waals surface area contributed by atoms with Gasteiger partial charge < -0.3 is 11.1 Å². The van der Waals surface area contributed by atoms with E-state index in [9.17, 15) is 4.79 Å². The molecule has 0 aliphatic heterocycles. The van der Waals surface area contributed by atoms with Crippen LogP contribution in [0.15, 0.2) is 23.6 Å². The molecule has 4 nitrogen and oxygen atoms in total. The number of rotatable bonds is 2. The van der Waals surface area contributed by atoms with Crippen LogP contribution in [0.4, 0.5) is 10.8 Å². The maximum Gasteiger partial charge on any atom is 0.275 e. The third-order valence-corrected chi connectivity index (χ3v) is 3.78. The van der Waals surface area contributed by atoms with Crippen molar-refractivity contribution in [3.63, 3.8) is 0 Å². The average molecular weight is 259 g/mol. The maximum atomic E-state index is 11.9. The monoisotopic (exact) mass is 259 g/mol. The van der Waals surface area contributed by atoms with Gasteiger partial charge in [0, 0.05) is 11.1 Å². The molecule has 92 valence electrons. The van der Waals surface area contributed by atoms with E-state index in [-0.39, 0.29) is 5.91 Å². The van der Waals surface area contributed by atoms with Gasteiger partial charge in [-0.3, -0.25) is 4.79 Å². The highest BCUT2D eigenvalue weighted by atomic mass is 32.1. The van der Waals surface area contributed by atoms with Gasteiger partial charge in [-0.25, -0.2) is 4.98 Å². The molecule has 3 rings (SSSR count). The first-order chi connectivity index (χ1) is 8.72. The molecular weight excluding hydrogens is 246 g/mol. The summed E-state index contributed by atoms with van der Waals surface area (Å²) in [6.45, 7) is 0. The first kappa shape index (κ1) is 11.2. The van der Waals surface area contributed by atoms with Gasteiger partial charge in [-0.05, 0) is 42.5 Å². The van der Waals surface area contributed by atoms with Crippen LogP contribution in [-0.2, 0) is 12.8 Å². The first-order valence-electron chi connectivity index (χ1n) is 5.86. The molecule has 0 fully saturated rings. The lowest BCUT2D eigenvalue weighted by molar-refractivity contribution is 0.102. The maximum absolute atomic E-state index is 11.9. The largest absolute Gasteiger partial charge is 0.375 e. The van der Waals surface area contributed by atoms with Gasteiger partial charge in [0.2, 0.25) is 0 Å². The highest BCUT2D eigenvalue weighted by Crippen LogP contribution is 2.25. The molecule has 1 aromatic carbocycles. The number of hydrogen-bond donors (Lipinski definition) is 2. The minimum Gasteiger partial charge on any atom is -0.375 e. The number of benzene rings is 1. The molecule has 1 aliphatic carbocycles. The molecule has 0 unspecified atom stereocenters. The lowest BCUT2D eigenvalue weighted by Crippen LogP contribution is -2.12. The van der Waals surface area contributed by atoms with Gasteiger partial charge in [-0.2, -0.15) is 0 Å². The molecule has 3 N–H and O–H groups in total. The predicted octanol–water partition coefficient (Wildman–Crippen LogP) is 2.47. The minimum absolute atomic E-state index is 0.208. The van der Waals surface area contributed by atoms with E-state index >= 15 is 0 Å². The second-order valence-corrected chi connectivity index (χ2v) is 5.25. The van der Waals surface area contributed by atoms with E-state index in [4.69, 9.17) is 5.73 Å². The Morgan fingerprint density at radius 2 is 2.17 bits per heavy atom. The van der Waals surface area contributed by atoms with Crippen molar-refractivity contribution in [1.29, 1.82) is 0 Å². The van der Waals surface area contributed by atoms with Gasteiger partial charge in [0.25, 0.3) is 5.91 Å². The number of anilines is 2. The molecule has 0 saturated heterocycles. The Hall–Kier alpha value is -1.88. The highest BCUT2D eigenvalue weighted by molar-refractivity contribution is 7.13. The van der Waals surface area contributed by atoms with E-state index in [0.29, 0.717) is 10.8 Å². The number of nitrogens with one attached hydrogen (secondary N) is 1. The molecule has 0 saturated carbocycles. The molecule has 18 heavy (non-hydrogen) atoms. The summed E-state index contributed by atoms with van der Waals surface area (Å²) in [6.07, 6.45) is 3.45. The van der Waals surface area contributed by atoms with Gasteiger partial charge in [0.15, 0.2) is 5.13 Å². The molecular formula is C13H13N3OS. The zero-order chi connectivity index (χ0) is 12.5. The summed E-state index contributed by atoms with van der Waals surface area (Å²) in [5.41, 5.74) is 9.44. The van der Waals surface area contributed by atoms with E-state index in [1.54, 1.807) is 5.38 Å². The van der Waals surface area contributed by atoms with Gasteiger partial charge in [0.05, 0.1) is 0 Å². The van der Waals surface area contributed by atoms with Crippen molar-refractivity contribution in [2.75, 3.05) is 11.1 Å². The van der Waals surface area contributed by atoms with Crippen molar-refractivity contribution in [3.05, 3.63) is 40.4 Å². The van der Waals surface area contributed by atoms with Crippen LogP contribution < -0.4 is 11.1 Å². The van der Waals surface area contributed by atoms with E-state index in [1.165, 1.54) is 28.9 Å². The number of thiazole rings is 1. The third kappa shape index (κ3) is 2.09. The van der Waals surface area contributed by atoms with Crippen molar-refractivity contribution >= 4 is 28.1 Å². The van der Waals surface area contributed by atoms with Crippen LogP contribution in [0.3, 0.4) is 0 Å². The van der Waals surface area contributed by atoms with Gasteiger partial charge >= 0.3 is 0 Å². The van der Waals surface area contributed by atoms with Crippen molar-refractivity contribution in [2.45, 2.75) is 19.3 Å². The standard InChI is InChI=1S/C13H13N3OS/c14-13-16-11(7-18-13)12(17)15-10-5-4-8-2-1-3-9(8)6-10/h4-7H,1-3H2,(H2,14,16)(H,15,17). The average Bonchev–Trinajstić information content (AvgIpc) is 2.96. The van der Waals surface area contributed by atoms with E-state index in [0.717, 1.165) is 18.5 Å². The summed E-state index contributed by atoms with van der Waals surface area (Å²) in [4.78, 5) is 15.9. The van der Waals surface area contributed by atoms with E-state index in [1.807, 2.05) is 6.07 Å². The number of aromatic nitrogens is 1. The lowest BCUT2D eigenvalue weighted by atomic mass is 10.1. The highest BCUT2D eigenvalue weighted by Gasteiger charge is 2.13. The molecule has 0 atom stereocenters. The van der Waals surface area contributed by atoms with Crippen molar-refractivity contribution in [3.8, 4) is 0 Å². The van der Waals surface area contributed by atoms with Crippen molar-refractivity contribution in [1.82, 2.24) is 4.98 Å². The van der Waals surface area contributed by atoms with Crippen LogP contribution in [0.5, 0.6) is 0 Å². The molecule has 1 amide bonds. The smallest absolute Gasteiger partial charge is 0.275 e. The summed E-state index contributed by atoms with van der Waals surface area (Å²) in [5.74, 6) is -0.208. The number of aryl methyl sites for hydroxylation is 2. The molecule has 2 aromatic rings. The van der Waals surface area contributed by atoms with Crippen LogP contribution in [0.1, 0.15) is 28.0 Å². The summed E-state index contributed by atoms with van der Waals surface area (Å²) in [7, 11) is 0. The van der Waals surface area contributed by atoms with E-state index in [2.05, 4.69) is 22.4 Å². The molecule has 1 heterocycles. The fourth-order valence-electron chi connectivity index (χ4n) is 2.24. The first-order valence-corrected chi connectivity index (χ1v) is 6.74. The number of carbonyl (C=O) groups excluding carboxylic acids is 1. The second-order valence-electron chi connectivity index (χ2n) is 4.36. The number of nitrogens with two attached hydrogens (primary N) is 1. The number of carbonyl (C=O) groups is 1. The Labute approximate surface area is 109 Å². The van der Waals surface area contributed by atoms with Crippen LogP contribution in [0, 0.1) is 0 Å². The zero-order valence-corrected chi connectivity index (χ0v) is 10.6. The van der Waals surface area contributed by atoms with Gasteiger partial charge in [0.1, 0.15) is 5.69 Å². The number of nitrogens with zero attached hydrogens (tertiary/aromatic N) is 1. The molecule has 0 spiro atoms. The van der Waals surface area contributed by atoms with Crippen LogP contribution in [0.2, 0.25) is 0 Å². The zero-order valence-electron chi connectivity index (χ0n) is 9.77. The Morgan fingerprint density at radius 3 is 2.94 bits per heavy atom. The fourth-order valence-corrected chi connectivity index (χ4v) is 2.78. The fraction of sp³-hybridized carbons (Fsp3) is 0.231. The van der Waals surface area contributed by atoms with Crippen LogP contribution >= 0.6 is 11.3 Å². The lowest BCUT2D eigenvalue weighted by Gasteiger charge is -2.05. The number of fused-ring (bicyclic) bond motifs is 1. The third-order valence-electron chi connectivity index (χ3n) is 3.11. The predicted molar refractivity (Wildman–Crippen MR) is 72.9 cm³/mol. The van der Waals surface area contributed by atoms with E-state index < -0.39 is 0 Å². The SMILES string of the molecule is Nc1nc(C(=O)Nc2ccc3c(c2)CCC3)cs1. The number of amides is 1. The molecule has 1 aliphatic rings. The van der Waals surface area contributed by atoms with Crippen molar-refractivity contribution < 1.29 is 4.79 Å². The Balaban J connectivity index is 1.78. The van der Waals surface area contributed by atoms with Crippen molar-refractivity contribution in [2.24, 2.45) is 0 Å². The summed E-state index contributed by atoms with van der Waals surface area (Å²) >= 11 is 1.27. The molecule has 0 radical (unpaired) electrons.